The van der Waals surface area contributed by atoms with Crippen molar-refractivity contribution in [3.05, 3.63) is 58.7 Å². The zero-order valence-corrected chi connectivity index (χ0v) is 16.1. The number of hydrogen-bond donors (Lipinski definition) is 1. The second-order valence-electron chi connectivity index (χ2n) is 6.20. The standard InChI is InChI=1S/C20H21N3O5/c1-5-26-19(24)15-11(2)16(21-12(15)3)20(25)27-13(4)17-22-23-18(28-17)14-9-7-6-8-10-14/h6-10,13,21H,5H2,1-4H3/t13-/m1/s1. The van der Waals surface area contributed by atoms with Gasteiger partial charge in [-0.2, -0.15) is 0 Å². The first-order valence-electron chi connectivity index (χ1n) is 8.88. The minimum absolute atomic E-state index is 0.179. The molecular formula is C20H21N3O5. The van der Waals surface area contributed by atoms with Crippen LogP contribution in [-0.4, -0.2) is 33.7 Å². The highest BCUT2D eigenvalue weighted by molar-refractivity contribution is 5.98. The molecule has 2 aromatic heterocycles. The van der Waals surface area contributed by atoms with Gasteiger partial charge in [0.1, 0.15) is 5.69 Å². The molecule has 0 spiro atoms. The normalized spacial score (nSPS) is 11.9. The van der Waals surface area contributed by atoms with Gasteiger partial charge < -0.3 is 18.9 Å². The summed E-state index contributed by atoms with van der Waals surface area (Å²) < 4.78 is 16.1. The highest BCUT2D eigenvalue weighted by Crippen LogP contribution is 2.25. The third-order valence-corrected chi connectivity index (χ3v) is 4.21. The number of aromatic nitrogens is 3. The van der Waals surface area contributed by atoms with Crippen molar-refractivity contribution < 1.29 is 23.5 Å². The van der Waals surface area contributed by atoms with Crippen LogP contribution in [0, 0.1) is 13.8 Å². The fourth-order valence-corrected chi connectivity index (χ4v) is 2.83. The van der Waals surface area contributed by atoms with E-state index in [9.17, 15) is 9.59 Å². The van der Waals surface area contributed by atoms with Crippen molar-refractivity contribution in [1.29, 1.82) is 0 Å². The van der Waals surface area contributed by atoms with E-state index in [4.69, 9.17) is 13.9 Å². The number of ether oxygens (including phenoxy) is 2. The molecular weight excluding hydrogens is 362 g/mol. The fourth-order valence-electron chi connectivity index (χ4n) is 2.83. The van der Waals surface area contributed by atoms with Crippen LogP contribution in [0.25, 0.3) is 11.5 Å². The van der Waals surface area contributed by atoms with E-state index >= 15 is 0 Å². The van der Waals surface area contributed by atoms with Crippen molar-refractivity contribution in [2.75, 3.05) is 6.61 Å². The predicted molar refractivity (Wildman–Crippen MR) is 99.8 cm³/mol. The lowest BCUT2D eigenvalue weighted by Crippen LogP contribution is -2.12. The molecule has 1 atom stereocenters. The van der Waals surface area contributed by atoms with Crippen molar-refractivity contribution in [1.82, 2.24) is 15.2 Å². The van der Waals surface area contributed by atoms with Gasteiger partial charge >= 0.3 is 11.9 Å². The van der Waals surface area contributed by atoms with Gasteiger partial charge in [-0.05, 0) is 45.4 Å². The molecule has 0 bridgehead atoms. The minimum Gasteiger partial charge on any atom is -0.462 e. The molecule has 28 heavy (non-hydrogen) atoms. The Balaban J connectivity index is 1.76. The van der Waals surface area contributed by atoms with Gasteiger partial charge in [0, 0.05) is 11.3 Å². The van der Waals surface area contributed by atoms with E-state index in [0.717, 1.165) is 5.56 Å². The van der Waals surface area contributed by atoms with Crippen LogP contribution in [0.15, 0.2) is 34.7 Å². The molecule has 2 heterocycles. The Labute approximate surface area is 161 Å². The number of nitrogens with one attached hydrogen (secondary N) is 1. The van der Waals surface area contributed by atoms with E-state index < -0.39 is 18.0 Å². The van der Waals surface area contributed by atoms with E-state index in [1.54, 1.807) is 27.7 Å². The van der Waals surface area contributed by atoms with E-state index in [1.807, 2.05) is 30.3 Å². The summed E-state index contributed by atoms with van der Waals surface area (Å²) in [7, 11) is 0. The summed E-state index contributed by atoms with van der Waals surface area (Å²) in [6, 6.07) is 9.29. The van der Waals surface area contributed by atoms with E-state index in [1.165, 1.54) is 0 Å². The summed E-state index contributed by atoms with van der Waals surface area (Å²) in [5.41, 5.74) is 2.32. The van der Waals surface area contributed by atoms with Crippen molar-refractivity contribution in [3.63, 3.8) is 0 Å². The largest absolute Gasteiger partial charge is 0.462 e. The molecule has 1 aromatic carbocycles. The van der Waals surface area contributed by atoms with Crippen LogP contribution >= 0.6 is 0 Å². The smallest absolute Gasteiger partial charge is 0.355 e. The third-order valence-electron chi connectivity index (χ3n) is 4.21. The van der Waals surface area contributed by atoms with Crippen LogP contribution in [0.3, 0.4) is 0 Å². The van der Waals surface area contributed by atoms with Gasteiger partial charge in [0.25, 0.3) is 5.89 Å². The highest BCUT2D eigenvalue weighted by Gasteiger charge is 2.26. The number of nitrogens with zero attached hydrogens (tertiary/aromatic N) is 2. The van der Waals surface area contributed by atoms with Crippen molar-refractivity contribution in [3.8, 4) is 11.5 Å². The van der Waals surface area contributed by atoms with Crippen molar-refractivity contribution in [2.24, 2.45) is 0 Å². The first-order chi connectivity index (χ1) is 13.4. The van der Waals surface area contributed by atoms with Gasteiger partial charge in [0.15, 0.2) is 6.10 Å². The van der Waals surface area contributed by atoms with Gasteiger partial charge in [0.05, 0.1) is 12.2 Å². The maximum absolute atomic E-state index is 12.6. The van der Waals surface area contributed by atoms with Crippen LogP contribution < -0.4 is 0 Å². The molecule has 0 aliphatic heterocycles. The first kappa shape index (κ1) is 19.3. The maximum Gasteiger partial charge on any atom is 0.355 e. The monoisotopic (exact) mass is 383 g/mol. The Morgan fingerprint density at radius 3 is 2.54 bits per heavy atom. The lowest BCUT2D eigenvalue weighted by atomic mass is 10.1. The second kappa shape index (κ2) is 8.08. The number of aryl methyl sites for hydroxylation is 1. The molecule has 0 fully saturated rings. The molecule has 146 valence electrons. The van der Waals surface area contributed by atoms with Gasteiger partial charge in [-0.3, -0.25) is 0 Å². The fraction of sp³-hybridized carbons (Fsp3) is 0.300. The number of rotatable bonds is 6. The summed E-state index contributed by atoms with van der Waals surface area (Å²) in [4.78, 5) is 27.6. The molecule has 0 aliphatic carbocycles. The molecule has 0 unspecified atom stereocenters. The van der Waals surface area contributed by atoms with Crippen molar-refractivity contribution in [2.45, 2.75) is 33.8 Å². The Bertz CT molecular complexity index is 991. The molecule has 3 rings (SSSR count). The number of aromatic amines is 1. The Morgan fingerprint density at radius 2 is 1.86 bits per heavy atom. The van der Waals surface area contributed by atoms with E-state index in [2.05, 4.69) is 15.2 Å². The topological polar surface area (TPSA) is 107 Å². The van der Waals surface area contributed by atoms with E-state index in [0.29, 0.717) is 22.7 Å². The number of esters is 2. The van der Waals surface area contributed by atoms with Gasteiger partial charge in [-0.25, -0.2) is 9.59 Å². The van der Waals surface area contributed by atoms with E-state index in [-0.39, 0.29) is 18.2 Å². The maximum atomic E-state index is 12.6. The molecule has 0 aliphatic rings. The quantitative estimate of drug-likeness (QED) is 0.645. The second-order valence-corrected chi connectivity index (χ2v) is 6.20. The average Bonchev–Trinajstić information content (AvgIpc) is 3.27. The summed E-state index contributed by atoms with van der Waals surface area (Å²) in [6.45, 7) is 6.97. The molecule has 8 nitrogen and oxygen atoms in total. The van der Waals surface area contributed by atoms with Crippen molar-refractivity contribution >= 4 is 11.9 Å². The van der Waals surface area contributed by atoms with Crippen LogP contribution in [-0.2, 0) is 9.47 Å². The van der Waals surface area contributed by atoms with Crippen LogP contribution in [0.5, 0.6) is 0 Å². The zero-order chi connectivity index (χ0) is 20.3. The number of carbonyl (C=O) groups is 2. The van der Waals surface area contributed by atoms with Gasteiger partial charge in [0.2, 0.25) is 5.89 Å². The Hall–Kier alpha value is -3.42. The first-order valence-corrected chi connectivity index (χ1v) is 8.88. The zero-order valence-electron chi connectivity index (χ0n) is 16.1. The lowest BCUT2D eigenvalue weighted by Gasteiger charge is -2.09. The predicted octanol–water partition coefficient (Wildman–Crippen LogP) is 3.78. The van der Waals surface area contributed by atoms with Crippen LogP contribution in [0.4, 0.5) is 0 Å². The number of carbonyl (C=O) groups excluding carboxylic acids is 2. The Morgan fingerprint density at radius 1 is 1.14 bits per heavy atom. The SMILES string of the molecule is CCOC(=O)c1c(C)[nH]c(C(=O)O[C@H](C)c2nnc(-c3ccccc3)o2)c1C. The molecule has 0 radical (unpaired) electrons. The number of H-pyrrole nitrogens is 1. The summed E-state index contributed by atoms with van der Waals surface area (Å²) in [6.07, 6.45) is -0.758. The number of hydrogen-bond acceptors (Lipinski definition) is 7. The van der Waals surface area contributed by atoms with Crippen LogP contribution in [0.1, 0.15) is 57.9 Å². The average molecular weight is 383 g/mol. The summed E-state index contributed by atoms with van der Waals surface area (Å²) >= 11 is 0. The molecule has 8 heteroatoms. The third kappa shape index (κ3) is 3.80. The lowest BCUT2D eigenvalue weighted by molar-refractivity contribution is 0.0272. The van der Waals surface area contributed by atoms with Crippen LogP contribution in [0.2, 0.25) is 0 Å². The van der Waals surface area contributed by atoms with Gasteiger partial charge in [-0.15, -0.1) is 10.2 Å². The summed E-state index contributed by atoms with van der Waals surface area (Å²) in [5.74, 6) is -0.581. The molecule has 0 saturated carbocycles. The highest BCUT2D eigenvalue weighted by atomic mass is 16.6. The molecule has 3 aromatic rings. The summed E-state index contributed by atoms with van der Waals surface area (Å²) in [5, 5.41) is 7.95. The minimum atomic E-state index is -0.758. The molecule has 0 saturated heterocycles. The van der Waals surface area contributed by atoms with Gasteiger partial charge in [-0.1, -0.05) is 18.2 Å². The Kier molecular flexibility index (Phi) is 5.58. The number of benzene rings is 1. The molecule has 1 N–H and O–H groups in total. The molecule has 0 amide bonds.